The van der Waals surface area contributed by atoms with Crippen molar-refractivity contribution in [3.8, 4) is 5.75 Å². The monoisotopic (exact) mass is 224 g/mol. The van der Waals surface area contributed by atoms with E-state index < -0.39 is 0 Å². The van der Waals surface area contributed by atoms with E-state index in [0.29, 0.717) is 5.56 Å². The molecule has 0 unspecified atom stereocenters. The molecule has 0 fully saturated rings. The fraction of sp³-hybridized carbons (Fsp3) is 0. The minimum absolute atomic E-state index is 0.0473. The topological polar surface area (TPSA) is 37.3 Å². The summed E-state index contributed by atoms with van der Waals surface area (Å²) in [6.45, 7) is 0. The maximum Gasteiger partial charge on any atom is 0.185 e. The third-order valence-corrected chi connectivity index (χ3v) is 2.36. The van der Waals surface area contributed by atoms with Gasteiger partial charge < -0.3 is 5.11 Å². The molecule has 0 amide bonds. The quantitative estimate of drug-likeness (QED) is 0.641. The largest absolute Gasteiger partial charge is 0.508 e. The van der Waals surface area contributed by atoms with E-state index >= 15 is 0 Å². The van der Waals surface area contributed by atoms with Crippen molar-refractivity contribution in [3.63, 3.8) is 0 Å². The first kappa shape index (κ1) is 11.1. The van der Waals surface area contributed by atoms with E-state index in [4.69, 9.17) is 0 Å². The average molecular weight is 224 g/mol. The second-order valence-corrected chi connectivity index (χ2v) is 3.66. The molecular weight excluding hydrogens is 212 g/mol. The SMILES string of the molecule is O=C(/C=C\c1cccc(O)c1)c1ccccc1. The molecule has 0 aliphatic rings. The van der Waals surface area contributed by atoms with Crippen LogP contribution in [0.2, 0.25) is 0 Å². The fourth-order valence-corrected chi connectivity index (χ4v) is 1.50. The van der Waals surface area contributed by atoms with Crippen molar-refractivity contribution in [2.75, 3.05) is 0 Å². The van der Waals surface area contributed by atoms with Crippen LogP contribution in [-0.2, 0) is 0 Å². The summed E-state index contributed by atoms with van der Waals surface area (Å²) in [4.78, 5) is 11.8. The first-order chi connectivity index (χ1) is 8.25. The van der Waals surface area contributed by atoms with Crippen molar-refractivity contribution in [1.29, 1.82) is 0 Å². The highest BCUT2D eigenvalue weighted by Crippen LogP contribution is 2.12. The fourth-order valence-electron chi connectivity index (χ4n) is 1.50. The molecule has 0 heterocycles. The van der Waals surface area contributed by atoms with Gasteiger partial charge in [0.15, 0.2) is 5.78 Å². The summed E-state index contributed by atoms with van der Waals surface area (Å²) < 4.78 is 0. The van der Waals surface area contributed by atoms with Crippen molar-refractivity contribution in [2.24, 2.45) is 0 Å². The third kappa shape index (κ3) is 3.05. The summed E-state index contributed by atoms with van der Waals surface area (Å²) in [5.41, 5.74) is 1.46. The van der Waals surface area contributed by atoms with Gasteiger partial charge in [0, 0.05) is 5.56 Å². The van der Waals surface area contributed by atoms with Crippen molar-refractivity contribution in [2.45, 2.75) is 0 Å². The number of phenolic OH excluding ortho intramolecular Hbond substituents is 1. The zero-order chi connectivity index (χ0) is 12.1. The number of allylic oxidation sites excluding steroid dienone is 1. The number of phenols is 1. The minimum Gasteiger partial charge on any atom is -0.508 e. The van der Waals surface area contributed by atoms with Gasteiger partial charge in [-0.05, 0) is 23.8 Å². The molecule has 0 bridgehead atoms. The lowest BCUT2D eigenvalue weighted by Crippen LogP contribution is -1.92. The zero-order valence-corrected chi connectivity index (χ0v) is 9.21. The summed E-state index contributed by atoms with van der Waals surface area (Å²) in [5.74, 6) is 0.147. The number of hydrogen-bond acceptors (Lipinski definition) is 2. The molecule has 2 aromatic carbocycles. The highest BCUT2D eigenvalue weighted by Gasteiger charge is 1.99. The molecule has 0 aliphatic carbocycles. The molecule has 0 atom stereocenters. The van der Waals surface area contributed by atoms with E-state index in [1.54, 1.807) is 36.4 Å². The molecule has 84 valence electrons. The molecular formula is C15H12O2. The van der Waals surface area contributed by atoms with Crippen LogP contribution in [0.5, 0.6) is 5.75 Å². The third-order valence-electron chi connectivity index (χ3n) is 2.36. The van der Waals surface area contributed by atoms with Crippen molar-refractivity contribution >= 4 is 11.9 Å². The van der Waals surface area contributed by atoms with Gasteiger partial charge >= 0.3 is 0 Å². The van der Waals surface area contributed by atoms with Crippen LogP contribution >= 0.6 is 0 Å². The average Bonchev–Trinajstić information content (AvgIpc) is 2.37. The summed E-state index contributed by atoms with van der Waals surface area (Å²) in [6, 6.07) is 15.8. The molecule has 0 aliphatic heterocycles. The molecule has 1 N–H and O–H groups in total. The first-order valence-electron chi connectivity index (χ1n) is 5.32. The maximum absolute atomic E-state index is 11.8. The Morgan fingerprint density at radius 1 is 1.00 bits per heavy atom. The molecule has 0 spiro atoms. The van der Waals surface area contributed by atoms with E-state index in [2.05, 4.69) is 0 Å². The Morgan fingerprint density at radius 2 is 1.76 bits per heavy atom. The van der Waals surface area contributed by atoms with Gasteiger partial charge in [0.05, 0.1) is 0 Å². The lowest BCUT2D eigenvalue weighted by Gasteiger charge is -1.96. The van der Waals surface area contributed by atoms with Crippen LogP contribution in [0.25, 0.3) is 6.08 Å². The number of hydrogen-bond donors (Lipinski definition) is 1. The highest BCUT2D eigenvalue weighted by molar-refractivity contribution is 6.06. The van der Waals surface area contributed by atoms with Gasteiger partial charge in [-0.1, -0.05) is 48.5 Å². The Balaban J connectivity index is 2.14. The van der Waals surface area contributed by atoms with Crippen LogP contribution in [0.15, 0.2) is 60.7 Å². The Labute approximate surface area is 99.8 Å². The van der Waals surface area contributed by atoms with Crippen LogP contribution < -0.4 is 0 Å². The summed E-state index contributed by atoms with van der Waals surface area (Å²) in [5, 5.41) is 9.28. The second-order valence-electron chi connectivity index (χ2n) is 3.66. The van der Waals surface area contributed by atoms with E-state index in [1.807, 2.05) is 24.3 Å². The van der Waals surface area contributed by atoms with Crippen LogP contribution in [-0.4, -0.2) is 10.9 Å². The van der Waals surface area contributed by atoms with Crippen molar-refractivity contribution in [1.82, 2.24) is 0 Å². The number of aromatic hydroxyl groups is 1. The van der Waals surface area contributed by atoms with Crippen LogP contribution in [0.1, 0.15) is 15.9 Å². The Kier molecular flexibility index (Phi) is 3.36. The van der Waals surface area contributed by atoms with Gasteiger partial charge in [0.1, 0.15) is 5.75 Å². The van der Waals surface area contributed by atoms with Gasteiger partial charge in [-0.25, -0.2) is 0 Å². The molecule has 2 heteroatoms. The highest BCUT2D eigenvalue weighted by atomic mass is 16.3. The number of carbonyl (C=O) groups is 1. The van der Waals surface area contributed by atoms with Crippen LogP contribution in [0, 0.1) is 0 Å². The standard InChI is InChI=1S/C15H12O2/c16-14-8-4-5-12(11-14)9-10-15(17)13-6-2-1-3-7-13/h1-11,16H/b10-9-. The number of carbonyl (C=O) groups excluding carboxylic acids is 1. The molecule has 17 heavy (non-hydrogen) atoms. The number of ketones is 1. The molecule has 0 aromatic heterocycles. The van der Waals surface area contributed by atoms with Gasteiger partial charge in [-0.2, -0.15) is 0 Å². The number of benzene rings is 2. The van der Waals surface area contributed by atoms with Crippen LogP contribution in [0.3, 0.4) is 0 Å². The maximum atomic E-state index is 11.8. The Bertz CT molecular complexity index is 542. The zero-order valence-electron chi connectivity index (χ0n) is 9.21. The smallest absolute Gasteiger partial charge is 0.185 e. The molecule has 0 saturated heterocycles. The first-order valence-corrected chi connectivity index (χ1v) is 5.32. The van der Waals surface area contributed by atoms with E-state index in [-0.39, 0.29) is 11.5 Å². The predicted molar refractivity (Wildman–Crippen MR) is 67.9 cm³/mol. The summed E-state index contributed by atoms with van der Waals surface area (Å²) >= 11 is 0. The summed E-state index contributed by atoms with van der Waals surface area (Å²) in [7, 11) is 0. The molecule has 0 radical (unpaired) electrons. The van der Waals surface area contributed by atoms with E-state index in [0.717, 1.165) is 5.56 Å². The molecule has 0 saturated carbocycles. The van der Waals surface area contributed by atoms with Crippen molar-refractivity contribution < 1.29 is 9.90 Å². The number of rotatable bonds is 3. The lowest BCUT2D eigenvalue weighted by molar-refractivity contribution is 0.104. The van der Waals surface area contributed by atoms with E-state index in [1.165, 1.54) is 6.08 Å². The second kappa shape index (κ2) is 5.12. The Morgan fingerprint density at radius 3 is 2.47 bits per heavy atom. The van der Waals surface area contributed by atoms with Gasteiger partial charge in [-0.3, -0.25) is 4.79 Å². The van der Waals surface area contributed by atoms with Gasteiger partial charge in [0.25, 0.3) is 0 Å². The molecule has 2 nitrogen and oxygen atoms in total. The Hall–Kier alpha value is -2.35. The minimum atomic E-state index is -0.0473. The van der Waals surface area contributed by atoms with Crippen LogP contribution in [0.4, 0.5) is 0 Å². The summed E-state index contributed by atoms with van der Waals surface area (Å²) in [6.07, 6.45) is 3.19. The molecule has 2 aromatic rings. The molecule has 2 rings (SSSR count). The lowest BCUT2D eigenvalue weighted by atomic mass is 10.1. The van der Waals surface area contributed by atoms with Gasteiger partial charge in [-0.15, -0.1) is 0 Å². The van der Waals surface area contributed by atoms with E-state index in [9.17, 15) is 9.90 Å². The normalized spacial score (nSPS) is 10.6. The predicted octanol–water partition coefficient (Wildman–Crippen LogP) is 3.29. The van der Waals surface area contributed by atoms with Gasteiger partial charge in [0.2, 0.25) is 0 Å². The van der Waals surface area contributed by atoms with Crippen molar-refractivity contribution in [3.05, 3.63) is 71.8 Å².